The molecule has 3 aromatic rings. The zero-order chi connectivity index (χ0) is 16.7. The molecule has 0 aliphatic carbocycles. The maximum atomic E-state index is 13.0. The van der Waals surface area contributed by atoms with Crippen LogP contribution in [0.15, 0.2) is 53.4 Å². The number of aromatic amines is 1. The highest BCUT2D eigenvalue weighted by Gasteiger charge is 2.37. The van der Waals surface area contributed by atoms with E-state index >= 15 is 0 Å². The fraction of sp³-hybridized carbons (Fsp3) is 0.235. The highest BCUT2D eigenvalue weighted by molar-refractivity contribution is 7.89. The minimum atomic E-state index is -3.58. The van der Waals surface area contributed by atoms with Crippen LogP contribution in [0.3, 0.4) is 0 Å². The van der Waals surface area contributed by atoms with Crippen molar-refractivity contribution in [1.82, 2.24) is 14.3 Å². The Balaban J connectivity index is 1.73. The summed E-state index contributed by atoms with van der Waals surface area (Å²) < 4.78 is 27.5. The van der Waals surface area contributed by atoms with E-state index in [4.69, 9.17) is 11.6 Å². The standard InChI is InChI=1S/C17H16ClN3O2S/c18-12-7-9-13(10-8-12)24(22,23)21-11-3-6-16(21)17-19-14-4-1-2-5-15(14)20-17/h1-2,4-5,7-10,16H,3,6,11H2,(H,19,20)/t16-/m0/s1. The van der Waals surface area contributed by atoms with E-state index in [1.165, 1.54) is 4.31 Å². The average Bonchev–Trinajstić information content (AvgIpc) is 3.22. The molecule has 1 saturated heterocycles. The average molecular weight is 362 g/mol. The van der Waals surface area contributed by atoms with Crippen molar-refractivity contribution in [3.63, 3.8) is 0 Å². The molecule has 1 aliphatic heterocycles. The van der Waals surface area contributed by atoms with Crippen LogP contribution in [-0.2, 0) is 10.0 Å². The van der Waals surface area contributed by atoms with Crippen molar-refractivity contribution in [3.05, 3.63) is 59.4 Å². The van der Waals surface area contributed by atoms with Gasteiger partial charge in [-0.3, -0.25) is 0 Å². The van der Waals surface area contributed by atoms with E-state index in [1.807, 2.05) is 24.3 Å². The number of benzene rings is 2. The Morgan fingerprint density at radius 2 is 1.88 bits per heavy atom. The summed E-state index contributed by atoms with van der Waals surface area (Å²) in [5.41, 5.74) is 1.77. The van der Waals surface area contributed by atoms with Crippen molar-refractivity contribution in [3.8, 4) is 0 Å². The summed E-state index contributed by atoms with van der Waals surface area (Å²) in [4.78, 5) is 8.10. The maximum Gasteiger partial charge on any atom is 0.243 e. The van der Waals surface area contributed by atoms with E-state index in [0.29, 0.717) is 17.4 Å². The molecule has 1 atom stereocenters. The van der Waals surface area contributed by atoms with Gasteiger partial charge in [0.05, 0.1) is 22.0 Å². The van der Waals surface area contributed by atoms with Gasteiger partial charge >= 0.3 is 0 Å². The molecule has 24 heavy (non-hydrogen) atoms. The second kappa shape index (κ2) is 5.88. The van der Waals surface area contributed by atoms with E-state index in [9.17, 15) is 8.42 Å². The van der Waals surface area contributed by atoms with Gasteiger partial charge in [-0.15, -0.1) is 0 Å². The van der Waals surface area contributed by atoms with Gasteiger partial charge in [0.2, 0.25) is 10.0 Å². The van der Waals surface area contributed by atoms with Crippen molar-refractivity contribution in [1.29, 1.82) is 0 Å². The number of nitrogens with zero attached hydrogens (tertiary/aromatic N) is 2. The molecule has 1 aromatic heterocycles. The first-order valence-corrected chi connectivity index (χ1v) is 9.59. The van der Waals surface area contributed by atoms with Crippen molar-refractivity contribution in [2.45, 2.75) is 23.8 Å². The minimum Gasteiger partial charge on any atom is -0.341 e. The Bertz CT molecular complexity index is 949. The molecule has 5 nitrogen and oxygen atoms in total. The van der Waals surface area contributed by atoms with Crippen LogP contribution in [0.4, 0.5) is 0 Å². The number of halogens is 1. The van der Waals surface area contributed by atoms with Crippen LogP contribution in [0.5, 0.6) is 0 Å². The van der Waals surface area contributed by atoms with Gasteiger partial charge in [-0.1, -0.05) is 23.7 Å². The summed E-state index contributed by atoms with van der Waals surface area (Å²) in [6, 6.07) is 13.7. The summed E-state index contributed by atoms with van der Waals surface area (Å²) in [5.74, 6) is 0.700. The monoisotopic (exact) mass is 361 g/mol. The second-order valence-electron chi connectivity index (χ2n) is 5.87. The molecule has 0 saturated carbocycles. The molecule has 2 aromatic carbocycles. The number of H-pyrrole nitrogens is 1. The molecule has 4 rings (SSSR count). The molecular weight excluding hydrogens is 346 g/mol. The Morgan fingerprint density at radius 1 is 1.12 bits per heavy atom. The van der Waals surface area contributed by atoms with Crippen LogP contribution in [0.25, 0.3) is 11.0 Å². The number of sulfonamides is 1. The minimum absolute atomic E-state index is 0.259. The highest BCUT2D eigenvalue weighted by Crippen LogP contribution is 2.36. The third-order valence-corrected chi connectivity index (χ3v) is 6.52. The number of aromatic nitrogens is 2. The van der Waals surface area contributed by atoms with E-state index < -0.39 is 10.0 Å². The largest absolute Gasteiger partial charge is 0.341 e. The van der Waals surface area contributed by atoms with Gasteiger partial charge in [-0.25, -0.2) is 13.4 Å². The summed E-state index contributed by atoms with van der Waals surface area (Å²) in [6.07, 6.45) is 1.57. The molecule has 2 heterocycles. The van der Waals surface area contributed by atoms with Gasteiger partial charge in [-0.2, -0.15) is 4.31 Å². The Hall–Kier alpha value is -1.89. The van der Waals surface area contributed by atoms with Crippen LogP contribution in [-0.4, -0.2) is 29.2 Å². The van der Waals surface area contributed by atoms with Crippen molar-refractivity contribution in [2.75, 3.05) is 6.54 Å². The Labute approximate surface area is 145 Å². The van der Waals surface area contributed by atoms with Gasteiger partial charge in [-0.05, 0) is 49.2 Å². The molecule has 1 N–H and O–H groups in total. The number of fused-ring (bicyclic) bond motifs is 1. The lowest BCUT2D eigenvalue weighted by Gasteiger charge is -2.22. The van der Waals surface area contributed by atoms with Crippen LogP contribution in [0, 0.1) is 0 Å². The fourth-order valence-corrected chi connectivity index (χ4v) is 4.96. The van der Waals surface area contributed by atoms with E-state index in [-0.39, 0.29) is 10.9 Å². The summed E-state index contributed by atoms with van der Waals surface area (Å²) >= 11 is 5.87. The lowest BCUT2D eigenvalue weighted by atomic mass is 10.2. The highest BCUT2D eigenvalue weighted by atomic mass is 35.5. The van der Waals surface area contributed by atoms with E-state index in [0.717, 1.165) is 23.9 Å². The normalized spacial score (nSPS) is 19.1. The summed E-state index contributed by atoms with van der Waals surface area (Å²) in [5, 5.41) is 0.518. The lowest BCUT2D eigenvalue weighted by Crippen LogP contribution is -2.31. The fourth-order valence-electron chi connectivity index (χ4n) is 3.17. The second-order valence-corrected chi connectivity index (χ2v) is 8.19. The predicted octanol–water partition coefficient (Wildman–Crippen LogP) is 3.74. The smallest absolute Gasteiger partial charge is 0.243 e. The van der Waals surface area contributed by atoms with Crippen molar-refractivity contribution in [2.24, 2.45) is 0 Å². The number of hydrogen-bond acceptors (Lipinski definition) is 3. The number of imidazole rings is 1. The molecule has 124 valence electrons. The quantitative estimate of drug-likeness (QED) is 0.772. The summed E-state index contributed by atoms with van der Waals surface area (Å²) in [6.45, 7) is 0.493. The SMILES string of the molecule is O=S(=O)(c1ccc(Cl)cc1)N1CCC[C@H]1c1nc2ccccc2[nH]1. The molecule has 0 unspecified atom stereocenters. The molecule has 0 radical (unpaired) electrons. The first kappa shape index (κ1) is 15.6. The van der Waals surface area contributed by atoms with Gasteiger partial charge in [0.25, 0.3) is 0 Å². The van der Waals surface area contributed by atoms with Crippen LogP contribution in [0.2, 0.25) is 5.02 Å². The Kier molecular flexibility index (Phi) is 3.83. The summed E-state index contributed by atoms with van der Waals surface area (Å²) in [7, 11) is -3.58. The van der Waals surface area contributed by atoms with Crippen LogP contribution < -0.4 is 0 Å². The van der Waals surface area contributed by atoms with E-state index in [1.54, 1.807) is 24.3 Å². The zero-order valence-corrected chi connectivity index (χ0v) is 14.4. The lowest BCUT2D eigenvalue weighted by molar-refractivity contribution is 0.385. The van der Waals surface area contributed by atoms with E-state index in [2.05, 4.69) is 9.97 Å². The molecule has 1 fully saturated rings. The number of hydrogen-bond donors (Lipinski definition) is 1. The first-order chi connectivity index (χ1) is 11.6. The van der Waals surface area contributed by atoms with Gasteiger partial charge < -0.3 is 4.98 Å². The number of nitrogens with one attached hydrogen (secondary N) is 1. The number of rotatable bonds is 3. The zero-order valence-electron chi connectivity index (χ0n) is 12.8. The first-order valence-electron chi connectivity index (χ1n) is 7.78. The molecule has 0 spiro atoms. The van der Waals surface area contributed by atoms with Gasteiger partial charge in [0, 0.05) is 11.6 Å². The third-order valence-electron chi connectivity index (χ3n) is 4.35. The van der Waals surface area contributed by atoms with Crippen LogP contribution in [0.1, 0.15) is 24.7 Å². The van der Waals surface area contributed by atoms with Gasteiger partial charge in [0.15, 0.2) is 0 Å². The van der Waals surface area contributed by atoms with Gasteiger partial charge in [0.1, 0.15) is 5.82 Å². The predicted molar refractivity (Wildman–Crippen MR) is 93.4 cm³/mol. The third kappa shape index (κ3) is 2.60. The molecule has 0 amide bonds. The maximum absolute atomic E-state index is 13.0. The van der Waals surface area contributed by atoms with Crippen LogP contribution >= 0.6 is 11.6 Å². The topological polar surface area (TPSA) is 66.1 Å². The van der Waals surface area contributed by atoms with Crippen molar-refractivity contribution >= 4 is 32.7 Å². The number of para-hydroxylation sites is 2. The molecular formula is C17H16ClN3O2S. The Morgan fingerprint density at radius 3 is 2.62 bits per heavy atom. The molecule has 0 bridgehead atoms. The van der Waals surface area contributed by atoms with Crippen molar-refractivity contribution < 1.29 is 8.42 Å². The molecule has 7 heteroatoms. The molecule has 1 aliphatic rings.